The molecule has 1 aromatic heterocycles. The van der Waals surface area contributed by atoms with E-state index in [9.17, 15) is 13.2 Å². The molecule has 1 fully saturated rings. The lowest BCUT2D eigenvalue weighted by atomic mass is 9.98. The third kappa shape index (κ3) is 8.26. The van der Waals surface area contributed by atoms with Gasteiger partial charge < -0.3 is 20.1 Å². The van der Waals surface area contributed by atoms with Crippen LogP contribution in [0.25, 0.3) is 0 Å². The van der Waals surface area contributed by atoms with Gasteiger partial charge in [-0.3, -0.25) is 0 Å². The summed E-state index contributed by atoms with van der Waals surface area (Å²) in [5.74, 6) is 1.06. The molecule has 3 aromatic rings. The molecule has 0 atom stereocenters. The number of alkyl halides is 3. The van der Waals surface area contributed by atoms with E-state index < -0.39 is 11.7 Å². The summed E-state index contributed by atoms with van der Waals surface area (Å²) in [6.07, 6.45) is 6.43. The lowest BCUT2D eigenvalue weighted by Gasteiger charge is -2.23. The maximum atomic E-state index is 13.7. The number of anilines is 4. The van der Waals surface area contributed by atoms with Gasteiger partial charge in [0.1, 0.15) is 22.9 Å². The number of nitrogens with one attached hydrogen (secondary N) is 2. The summed E-state index contributed by atoms with van der Waals surface area (Å²) < 4.78 is 53.0. The standard InChI is InChI=1S/C29H35F3N4O2/c1-2-3-4-8-18-37-25-13-9-10-22(19-25)34-27-26(29(30,31)32)20-33-28(36-27)35-21-14-16-24(17-15-21)38-23-11-6-5-7-12-23/h9-10,13-17,19-20,23H,2-8,11-12,18H2,1H3,(H2,33,34,35,36). The number of ether oxygens (including phenoxy) is 2. The molecule has 204 valence electrons. The van der Waals surface area contributed by atoms with E-state index in [1.807, 2.05) is 12.1 Å². The first kappa shape index (κ1) is 27.5. The first-order chi connectivity index (χ1) is 18.4. The maximum absolute atomic E-state index is 13.7. The second-order valence-corrected chi connectivity index (χ2v) is 9.54. The smallest absolute Gasteiger partial charge is 0.421 e. The molecule has 9 heteroatoms. The van der Waals surface area contributed by atoms with E-state index in [0.29, 0.717) is 23.7 Å². The monoisotopic (exact) mass is 528 g/mol. The molecule has 0 radical (unpaired) electrons. The molecule has 0 amide bonds. The van der Waals surface area contributed by atoms with Crippen LogP contribution in [0.5, 0.6) is 11.5 Å². The molecule has 1 aliphatic carbocycles. The van der Waals surface area contributed by atoms with Crippen molar-refractivity contribution in [3.8, 4) is 11.5 Å². The van der Waals surface area contributed by atoms with Crippen molar-refractivity contribution in [3.63, 3.8) is 0 Å². The van der Waals surface area contributed by atoms with Crippen molar-refractivity contribution >= 4 is 23.1 Å². The zero-order chi connectivity index (χ0) is 26.8. The average Bonchev–Trinajstić information content (AvgIpc) is 2.90. The summed E-state index contributed by atoms with van der Waals surface area (Å²) in [7, 11) is 0. The van der Waals surface area contributed by atoms with Crippen molar-refractivity contribution in [1.82, 2.24) is 9.97 Å². The Morgan fingerprint density at radius 1 is 0.895 bits per heavy atom. The largest absolute Gasteiger partial charge is 0.494 e. The van der Waals surface area contributed by atoms with Gasteiger partial charge in [-0.05, 0) is 68.5 Å². The summed E-state index contributed by atoms with van der Waals surface area (Å²) in [5, 5.41) is 5.79. The highest BCUT2D eigenvalue weighted by molar-refractivity contribution is 5.64. The fraction of sp³-hybridized carbons (Fsp3) is 0.448. The van der Waals surface area contributed by atoms with E-state index in [0.717, 1.165) is 50.5 Å². The maximum Gasteiger partial charge on any atom is 0.421 e. The number of rotatable bonds is 12. The third-order valence-corrected chi connectivity index (χ3v) is 6.42. The summed E-state index contributed by atoms with van der Waals surface area (Å²) in [6.45, 7) is 2.70. The van der Waals surface area contributed by atoms with Gasteiger partial charge in [0.25, 0.3) is 0 Å². The SMILES string of the molecule is CCCCCCOc1cccc(Nc2nc(Nc3ccc(OC4CCCCC4)cc3)ncc2C(F)(F)F)c1. The number of benzene rings is 2. The number of hydrogen-bond acceptors (Lipinski definition) is 6. The van der Waals surface area contributed by atoms with E-state index in [1.54, 1.807) is 36.4 Å². The topological polar surface area (TPSA) is 68.3 Å². The predicted octanol–water partition coefficient (Wildman–Crippen LogP) is 8.65. The third-order valence-electron chi connectivity index (χ3n) is 6.42. The van der Waals surface area contributed by atoms with Gasteiger partial charge in [0.15, 0.2) is 0 Å². The molecule has 1 heterocycles. The van der Waals surface area contributed by atoms with Gasteiger partial charge in [-0.1, -0.05) is 38.7 Å². The van der Waals surface area contributed by atoms with E-state index >= 15 is 0 Å². The first-order valence-corrected chi connectivity index (χ1v) is 13.4. The van der Waals surface area contributed by atoms with Crippen LogP contribution >= 0.6 is 0 Å². The summed E-state index contributed by atoms with van der Waals surface area (Å²) in [6, 6.07) is 14.1. The van der Waals surface area contributed by atoms with Crippen LogP contribution in [0.15, 0.2) is 54.7 Å². The molecule has 0 spiro atoms. The Hall–Kier alpha value is -3.49. The number of hydrogen-bond donors (Lipinski definition) is 2. The number of unbranched alkanes of at least 4 members (excludes halogenated alkanes) is 3. The van der Waals surface area contributed by atoms with Crippen LogP contribution in [-0.2, 0) is 6.18 Å². The van der Waals surface area contributed by atoms with Gasteiger partial charge in [-0.2, -0.15) is 18.2 Å². The molecule has 0 saturated heterocycles. The van der Waals surface area contributed by atoms with E-state index in [4.69, 9.17) is 9.47 Å². The normalized spacial score (nSPS) is 14.2. The number of nitrogens with zero attached hydrogens (tertiary/aromatic N) is 2. The lowest BCUT2D eigenvalue weighted by Crippen LogP contribution is -2.19. The minimum atomic E-state index is -4.62. The van der Waals surface area contributed by atoms with Crippen molar-refractivity contribution in [3.05, 3.63) is 60.3 Å². The van der Waals surface area contributed by atoms with E-state index in [-0.39, 0.29) is 17.9 Å². The molecule has 1 saturated carbocycles. The molecule has 0 aliphatic heterocycles. The van der Waals surface area contributed by atoms with Crippen LogP contribution in [0, 0.1) is 0 Å². The Balaban J connectivity index is 1.44. The van der Waals surface area contributed by atoms with Crippen molar-refractivity contribution in [2.24, 2.45) is 0 Å². The van der Waals surface area contributed by atoms with Crippen LogP contribution in [0.3, 0.4) is 0 Å². The van der Waals surface area contributed by atoms with Crippen molar-refractivity contribution in [1.29, 1.82) is 0 Å². The van der Waals surface area contributed by atoms with Crippen LogP contribution in [0.2, 0.25) is 0 Å². The Labute approximate surface area is 222 Å². The zero-order valence-corrected chi connectivity index (χ0v) is 21.7. The molecular weight excluding hydrogens is 493 g/mol. The first-order valence-electron chi connectivity index (χ1n) is 13.4. The van der Waals surface area contributed by atoms with Gasteiger partial charge in [0.05, 0.1) is 12.7 Å². The quantitative estimate of drug-likeness (QED) is 0.229. The Kier molecular flexibility index (Phi) is 9.67. The highest BCUT2D eigenvalue weighted by Crippen LogP contribution is 2.36. The molecule has 6 nitrogen and oxygen atoms in total. The molecule has 4 rings (SSSR count). The van der Waals surface area contributed by atoms with Gasteiger partial charge in [0.2, 0.25) is 5.95 Å². The number of halogens is 3. The molecule has 38 heavy (non-hydrogen) atoms. The average molecular weight is 529 g/mol. The van der Waals surface area contributed by atoms with Crippen LogP contribution in [0.1, 0.15) is 70.3 Å². The van der Waals surface area contributed by atoms with Gasteiger partial charge >= 0.3 is 6.18 Å². The lowest BCUT2D eigenvalue weighted by molar-refractivity contribution is -0.137. The minimum Gasteiger partial charge on any atom is -0.494 e. The molecular formula is C29H35F3N4O2. The van der Waals surface area contributed by atoms with Crippen LogP contribution in [0.4, 0.5) is 36.3 Å². The number of aromatic nitrogens is 2. The van der Waals surface area contributed by atoms with Crippen molar-refractivity contribution in [2.45, 2.75) is 77.0 Å². The predicted molar refractivity (Wildman–Crippen MR) is 144 cm³/mol. The van der Waals surface area contributed by atoms with E-state index in [1.165, 1.54) is 19.3 Å². The Morgan fingerprint density at radius 2 is 1.68 bits per heavy atom. The molecule has 2 N–H and O–H groups in total. The van der Waals surface area contributed by atoms with Crippen LogP contribution < -0.4 is 20.1 Å². The molecule has 1 aliphatic rings. The summed E-state index contributed by atoms with van der Waals surface area (Å²) in [5.41, 5.74) is 0.130. The second-order valence-electron chi connectivity index (χ2n) is 9.54. The molecule has 0 unspecified atom stereocenters. The van der Waals surface area contributed by atoms with Gasteiger partial charge in [-0.25, -0.2) is 4.98 Å². The highest BCUT2D eigenvalue weighted by atomic mass is 19.4. The highest BCUT2D eigenvalue weighted by Gasteiger charge is 2.35. The van der Waals surface area contributed by atoms with Crippen molar-refractivity contribution in [2.75, 3.05) is 17.2 Å². The van der Waals surface area contributed by atoms with Crippen LogP contribution in [-0.4, -0.2) is 22.7 Å². The second kappa shape index (κ2) is 13.3. The van der Waals surface area contributed by atoms with E-state index in [2.05, 4.69) is 27.5 Å². The molecule has 0 bridgehead atoms. The fourth-order valence-electron chi connectivity index (χ4n) is 4.39. The zero-order valence-electron chi connectivity index (χ0n) is 21.7. The Bertz CT molecular complexity index is 1150. The minimum absolute atomic E-state index is 0.0461. The summed E-state index contributed by atoms with van der Waals surface area (Å²) in [4.78, 5) is 8.05. The van der Waals surface area contributed by atoms with Gasteiger partial charge in [-0.15, -0.1) is 0 Å². The fourth-order valence-corrected chi connectivity index (χ4v) is 4.39. The summed E-state index contributed by atoms with van der Waals surface area (Å²) >= 11 is 0. The van der Waals surface area contributed by atoms with Crippen molar-refractivity contribution < 1.29 is 22.6 Å². The Morgan fingerprint density at radius 3 is 2.42 bits per heavy atom. The van der Waals surface area contributed by atoms with Gasteiger partial charge in [0, 0.05) is 23.6 Å². The molecule has 2 aromatic carbocycles.